The summed E-state index contributed by atoms with van der Waals surface area (Å²) in [6.07, 6.45) is 3.97. The molecule has 1 saturated carbocycles. The highest BCUT2D eigenvalue weighted by atomic mass is 16.3. The Labute approximate surface area is 118 Å². The molecule has 1 aliphatic rings. The van der Waals surface area contributed by atoms with Crippen molar-refractivity contribution in [1.82, 2.24) is 5.32 Å². The van der Waals surface area contributed by atoms with E-state index >= 15 is 0 Å². The summed E-state index contributed by atoms with van der Waals surface area (Å²) in [7, 11) is 0. The minimum Gasteiger partial charge on any atom is -0.504 e. The zero-order valence-electron chi connectivity index (χ0n) is 11.7. The first-order valence-corrected chi connectivity index (χ1v) is 7.00. The molecule has 0 radical (unpaired) electrons. The first kappa shape index (κ1) is 14.7. The molecule has 0 saturated heterocycles. The van der Waals surface area contributed by atoms with Crippen LogP contribution in [0.25, 0.3) is 0 Å². The lowest BCUT2D eigenvalue weighted by molar-refractivity contribution is 0.0853. The van der Waals surface area contributed by atoms with E-state index in [4.69, 9.17) is 5.73 Å². The maximum absolute atomic E-state index is 12.3. The van der Waals surface area contributed by atoms with E-state index in [2.05, 4.69) is 12.2 Å². The van der Waals surface area contributed by atoms with E-state index in [1.807, 2.05) is 0 Å². The Bertz CT molecular complexity index is 504. The number of nitrogens with two attached hydrogens (primary N) is 1. The average Bonchev–Trinajstić information content (AvgIpc) is 2.41. The van der Waals surface area contributed by atoms with Crippen LogP contribution in [0.2, 0.25) is 0 Å². The van der Waals surface area contributed by atoms with Crippen LogP contribution in [0.15, 0.2) is 18.2 Å². The Morgan fingerprint density at radius 2 is 2.20 bits per heavy atom. The first-order valence-electron chi connectivity index (χ1n) is 7.00. The molecule has 110 valence electrons. The predicted octanol–water partition coefficient (Wildman–Crippen LogP) is 1.74. The van der Waals surface area contributed by atoms with Gasteiger partial charge in [-0.1, -0.05) is 19.8 Å². The summed E-state index contributed by atoms with van der Waals surface area (Å²) in [5.41, 5.74) is 5.84. The molecule has 1 aliphatic carbocycles. The number of phenols is 2. The number of phenolic OH excluding ortho intramolecular Hbond substituents is 2. The average molecular weight is 278 g/mol. The maximum Gasteiger partial charge on any atom is 0.251 e. The normalized spacial score (nSPS) is 26.2. The summed E-state index contributed by atoms with van der Waals surface area (Å²) in [4.78, 5) is 12.3. The number of rotatable bonds is 3. The molecule has 0 heterocycles. The van der Waals surface area contributed by atoms with E-state index in [0.29, 0.717) is 18.0 Å². The van der Waals surface area contributed by atoms with Crippen LogP contribution in [-0.4, -0.2) is 28.2 Å². The summed E-state index contributed by atoms with van der Waals surface area (Å²) in [6.45, 7) is 2.58. The van der Waals surface area contributed by atoms with E-state index in [0.717, 1.165) is 25.7 Å². The van der Waals surface area contributed by atoms with E-state index < -0.39 is 0 Å². The van der Waals surface area contributed by atoms with Crippen molar-refractivity contribution in [2.24, 2.45) is 11.7 Å². The highest BCUT2D eigenvalue weighted by molar-refractivity contribution is 5.95. The Morgan fingerprint density at radius 3 is 2.80 bits per heavy atom. The van der Waals surface area contributed by atoms with Crippen LogP contribution < -0.4 is 11.1 Å². The van der Waals surface area contributed by atoms with Crippen LogP contribution in [-0.2, 0) is 0 Å². The summed E-state index contributed by atoms with van der Waals surface area (Å²) >= 11 is 0. The molecule has 5 nitrogen and oxygen atoms in total. The van der Waals surface area contributed by atoms with Gasteiger partial charge in [-0.05, 0) is 37.0 Å². The summed E-state index contributed by atoms with van der Waals surface area (Å²) in [6, 6.07) is 4.06. The van der Waals surface area contributed by atoms with Crippen LogP contribution in [0.3, 0.4) is 0 Å². The molecule has 0 aliphatic heterocycles. The van der Waals surface area contributed by atoms with E-state index in [-0.39, 0.29) is 22.9 Å². The monoisotopic (exact) mass is 278 g/mol. The van der Waals surface area contributed by atoms with Crippen molar-refractivity contribution >= 4 is 5.91 Å². The van der Waals surface area contributed by atoms with Crippen LogP contribution in [0.5, 0.6) is 11.5 Å². The van der Waals surface area contributed by atoms with Crippen molar-refractivity contribution in [2.75, 3.05) is 6.54 Å². The van der Waals surface area contributed by atoms with Crippen molar-refractivity contribution < 1.29 is 15.0 Å². The molecule has 0 spiro atoms. The zero-order valence-corrected chi connectivity index (χ0v) is 11.7. The standard InChI is InChI=1S/C15H22N2O3/c1-10-3-2-6-15(8-10,9-16)17-14(20)11-4-5-12(18)13(19)7-11/h4-5,7,10,18-19H,2-3,6,8-9,16H2,1H3,(H,17,20). The fourth-order valence-corrected chi connectivity index (χ4v) is 2.99. The molecule has 5 heteroatoms. The molecule has 2 rings (SSSR count). The van der Waals surface area contributed by atoms with Crippen molar-refractivity contribution in [3.63, 3.8) is 0 Å². The maximum atomic E-state index is 12.3. The Kier molecular flexibility index (Phi) is 4.18. The third-order valence-electron chi connectivity index (χ3n) is 4.10. The highest BCUT2D eigenvalue weighted by Crippen LogP contribution is 2.32. The van der Waals surface area contributed by atoms with Crippen LogP contribution >= 0.6 is 0 Å². The van der Waals surface area contributed by atoms with Crippen molar-refractivity contribution in [2.45, 2.75) is 38.1 Å². The fraction of sp³-hybridized carbons (Fsp3) is 0.533. The molecule has 1 amide bonds. The van der Waals surface area contributed by atoms with Gasteiger partial charge in [0.2, 0.25) is 0 Å². The highest BCUT2D eigenvalue weighted by Gasteiger charge is 2.35. The Morgan fingerprint density at radius 1 is 1.45 bits per heavy atom. The van der Waals surface area contributed by atoms with Gasteiger partial charge in [-0.3, -0.25) is 4.79 Å². The van der Waals surface area contributed by atoms with Crippen molar-refractivity contribution in [3.05, 3.63) is 23.8 Å². The largest absolute Gasteiger partial charge is 0.504 e. The second-order valence-electron chi connectivity index (χ2n) is 5.84. The number of aromatic hydroxyl groups is 2. The van der Waals surface area contributed by atoms with Gasteiger partial charge in [0.15, 0.2) is 11.5 Å². The van der Waals surface area contributed by atoms with E-state index in [1.54, 1.807) is 0 Å². The number of hydrogen-bond donors (Lipinski definition) is 4. The predicted molar refractivity (Wildman–Crippen MR) is 76.7 cm³/mol. The Hall–Kier alpha value is -1.75. The smallest absolute Gasteiger partial charge is 0.251 e. The minimum atomic E-state index is -0.359. The number of nitrogens with one attached hydrogen (secondary N) is 1. The molecule has 0 bridgehead atoms. The van der Waals surface area contributed by atoms with E-state index in [1.165, 1.54) is 18.2 Å². The molecule has 1 fully saturated rings. The molecule has 1 aromatic carbocycles. The lowest BCUT2D eigenvalue weighted by Crippen LogP contribution is -2.56. The van der Waals surface area contributed by atoms with Crippen molar-refractivity contribution in [1.29, 1.82) is 0 Å². The molecular formula is C15H22N2O3. The fourth-order valence-electron chi connectivity index (χ4n) is 2.99. The van der Waals surface area contributed by atoms with Crippen LogP contribution in [0.4, 0.5) is 0 Å². The number of hydrogen-bond acceptors (Lipinski definition) is 4. The van der Waals surface area contributed by atoms with Gasteiger partial charge in [-0.15, -0.1) is 0 Å². The van der Waals surface area contributed by atoms with Gasteiger partial charge >= 0.3 is 0 Å². The molecule has 0 aromatic heterocycles. The molecule has 2 atom stereocenters. The van der Waals surface area contributed by atoms with E-state index in [9.17, 15) is 15.0 Å². The van der Waals surface area contributed by atoms with Gasteiger partial charge in [0.05, 0.1) is 5.54 Å². The zero-order chi connectivity index (χ0) is 14.8. The lowest BCUT2D eigenvalue weighted by atomic mass is 9.76. The SMILES string of the molecule is CC1CCCC(CN)(NC(=O)c2ccc(O)c(O)c2)C1. The van der Waals surface area contributed by atoms with Gasteiger partial charge < -0.3 is 21.3 Å². The van der Waals surface area contributed by atoms with Gasteiger partial charge in [0.1, 0.15) is 0 Å². The van der Waals surface area contributed by atoms with Gasteiger partial charge in [-0.2, -0.15) is 0 Å². The number of carbonyl (C=O) groups excluding carboxylic acids is 1. The van der Waals surface area contributed by atoms with Crippen LogP contribution in [0.1, 0.15) is 43.0 Å². The number of benzene rings is 1. The van der Waals surface area contributed by atoms with Gasteiger partial charge in [0.25, 0.3) is 5.91 Å². The molecule has 20 heavy (non-hydrogen) atoms. The number of carbonyl (C=O) groups is 1. The molecular weight excluding hydrogens is 256 g/mol. The minimum absolute atomic E-state index is 0.235. The third kappa shape index (κ3) is 3.04. The second-order valence-corrected chi connectivity index (χ2v) is 5.84. The molecule has 1 aromatic rings. The summed E-state index contributed by atoms with van der Waals surface area (Å²) in [5, 5.41) is 21.8. The van der Waals surface area contributed by atoms with Gasteiger partial charge in [0, 0.05) is 12.1 Å². The summed E-state index contributed by atoms with van der Waals surface area (Å²) < 4.78 is 0. The summed E-state index contributed by atoms with van der Waals surface area (Å²) in [5.74, 6) is -0.251. The Balaban J connectivity index is 2.14. The topological polar surface area (TPSA) is 95.6 Å². The number of amides is 1. The second kappa shape index (κ2) is 5.71. The quantitative estimate of drug-likeness (QED) is 0.633. The molecule has 2 unspecified atom stereocenters. The first-order chi connectivity index (χ1) is 9.46. The van der Waals surface area contributed by atoms with Crippen LogP contribution in [0, 0.1) is 5.92 Å². The molecule has 5 N–H and O–H groups in total. The lowest BCUT2D eigenvalue weighted by Gasteiger charge is -2.40. The van der Waals surface area contributed by atoms with Gasteiger partial charge in [-0.25, -0.2) is 0 Å². The third-order valence-corrected chi connectivity index (χ3v) is 4.10. The van der Waals surface area contributed by atoms with Crippen molar-refractivity contribution in [3.8, 4) is 11.5 Å².